The van der Waals surface area contributed by atoms with Gasteiger partial charge in [0, 0.05) is 25.2 Å². The van der Waals surface area contributed by atoms with Crippen LogP contribution in [0.25, 0.3) is 0 Å². The van der Waals surface area contributed by atoms with Crippen molar-refractivity contribution in [3.05, 3.63) is 53.2 Å². The number of nitrogens with zero attached hydrogens (tertiary/aromatic N) is 2. The number of amides is 1. The minimum absolute atomic E-state index is 0.191. The molecule has 2 aromatic rings. The van der Waals surface area contributed by atoms with Gasteiger partial charge in [-0.1, -0.05) is 12.1 Å². The summed E-state index contributed by atoms with van der Waals surface area (Å²) in [6.45, 7) is 3.18. The van der Waals surface area contributed by atoms with E-state index in [4.69, 9.17) is 4.74 Å². The topological polar surface area (TPSA) is 71.5 Å². The summed E-state index contributed by atoms with van der Waals surface area (Å²) in [5, 5.41) is 3.24. The van der Waals surface area contributed by atoms with E-state index < -0.39 is 0 Å². The number of aryl methyl sites for hydroxylation is 1. The van der Waals surface area contributed by atoms with Crippen molar-refractivity contribution in [2.75, 3.05) is 23.9 Å². The highest BCUT2D eigenvalue weighted by atomic mass is 16.5. The Morgan fingerprint density at radius 3 is 2.60 bits per heavy atom. The number of ether oxygens (including phenoxy) is 1. The Labute approximate surface area is 146 Å². The number of methoxy groups -OCH3 is 1. The maximum Gasteiger partial charge on any atom is 0.339 e. The Morgan fingerprint density at radius 1 is 1.24 bits per heavy atom. The second-order valence-corrected chi connectivity index (χ2v) is 5.99. The van der Waals surface area contributed by atoms with E-state index in [9.17, 15) is 9.59 Å². The van der Waals surface area contributed by atoms with Crippen molar-refractivity contribution in [1.82, 2.24) is 4.98 Å². The Bertz CT molecular complexity index is 787. The van der Waals surface area contributed by atoms with Crippen LogP contribution in [0, 0.1) is 6.92 Å². The summed E-state index contributed by atoms with van der Waals surface area (Å²) in [4.78, 5) is 29.6. The molecular formula is C19H21N3O3. The molecule has 25 heavy (non-hydrogen) atoms. The Morgan fingerprint density at radius 2 is 2.00 bits per heavy atom. The van der Waals surface area contributed by atoms with Crippen molar-refractivity contribution in [2.45, 2.75) is 26.3 Å². The number of hydrogen-bond acceptors (Lipinski definition) is 5. The van der Waals surface area contributed by atoms with Crippen LogP contribution in [0.4, 0.5) is 11.5 Å². The molecule has 0 unspecified atom stereocenters. The fourth-order valence-electron chi connectivity index (χ4n) is 2.89. The van der Waals surface area contributed by atoms with Crippen LogP contribution < -0.4 is 10.2 Å². The van der Waals surface area contributed by atoms with Gasteiger partial charge in [-0.25, -0.2) is 9.78 Å². The Balaban J connectivity index is 1.63. The Kier molecular flexibility index (Phi) is 4.97. The molecule has 0 saturated carbocycles. The van der Waals surface area contributed by atoms with Crippen LogP contribution in [0.2, 0.25) is 0 Å². The average molecular weight is 339 g/mol. The van der Waals surface area contributed by atoms with E-state index in [0.29, 0.717) is 30.0 Å². The van der Waals surface area contributed by atoms with Gasteiger partial charge in [-0.15, -0.1) is 0 Å². The average Bonchev–Trinajstić information content (AvgIpc) is 3.06. The normalized spacial score (nSPS) is 13.8. The van der Waals surface area contributed by atoms with Crippen molar-refractivity contribution >= 4 is 23.4 Å². The van der Waals surface area contributed by atoms with E-state index in [1.807, 2.05) is 29.2 Å². The van der Waals surface area contributed by atoms with Gasteiger partial charge in [0.1, 0.15) is 5.82 Å². The van der Waals surface area contributed by atoms with Crippen molar-refractivity contribution in [1.29, 1.82) is 0 Å². The highest BCUT2D eigenvalue weighted by Crippen LogP contribution is 2.22. The summed E-state index contributed by atoms with van der Waals surface area (Å²) in [7, 11) is 1.35. The summed E-state index contributed by atoms with van der Waals surface area (Å²) in [5.41, 5.74) is 3.13. The number of pyridine rings is 1. The second kappa shape index (κ2) is 7.34. The van der Waals surface area contributed by atoms with Crippen LogP contribution in [0.3, 0.4) is 0 Å². The van der Waals surface area contributed by atoms with Gasteiger partial charge >= 0.3 is 5.97 Å². The molecule has 1 amide bonds. The molecule has 1 aromatic heterocycles. The molecule has 2 heterocycles. The molecule has 6 nitrogen and oxygen atoms in total. The Hall–Kier alpha value is -2.89. The minimum atomic E-state index is -0.386. The summed E-state index contributed by atoms with van der Waals surface area (Å²) < 4.78 is 4.72. The maximum atomic E-state index is 11.8. The zero-order valence-electron chi connectivity index (χ0n) is 14.4. The lowest BCUT2D eigenvalue weighted by molar-refractivity contribution is -0.117. The smallest absolute Gasteiger partial charge is 0.339 e. The van der Waals surface area contributed by atoms with Gasteiger partial charge in [-0.05, 0) is 43.2 Å². The molecule has 1 aliphatic heterocycles. The lowest BCUT2D eigenvalue weighted by atomic mass is 10.2. The van der Waals surface area contributed by atoms with Crippen LogP contribution >= 0.6 is 0 Å². The summed E-state index contributed by atoms with van der Waals surface area (Å²) in [5.74, 6) is 0.504. The molecule has 1 fully saturated rings. The fourth-order valence-corrected chi connectivity index (χ4v) is 2.89. The van der Waals surface area contributed by atoms with Crippen molar-refractivity contribution in [3.8, 4) is 0 Å². The van der Waals surface area contributed by atoms with E-state index in [-0.39, 0.29) is 11.9 Å². The number of esters is 1. The summed E-state index contributed by atoms with van der Waals surface area (Å²) >= 11 is 0. The highest BCUT2D eigenvalue weighted by Gasteiger charge is 2.21. The molecule has 130 valence electrons. The lowest BCUT2D eigenvalue weighted by Crippen LogP contribution is -2.23. The SMILES string of the molecule is COC(=O)c1ccc(NCc2ccc(N3CCCC3=O)cc2)nc1C. The van der Waals surface area contributed by atoms with Crippen LogP contribution in [0.15, 0.2) is 36.4 Å². The van der Waals surface area contributed by atoms with Gasteiger partial charge in [-0.3, -0.25) is 4.79 Å². The van der Waals surface area contributed by atoms with E-state index in [1.165, 1.54) is 7.11 Å². The monoisotopic (exact) mass is 339 g/mol. The number of anilines is 2. The van der Waals surface area contributed by atoms with E-state index >= 15 is 0 Å². The fraction of sp³-hybridized carbons (Fsp3) is 0.316. The molecule has 0 aliphatic carbocycles. The van der Waals surface area contributed by atoms with Gasteiger partial charge in [0.25, 0.3) is 0 Å². The molecule has 0 spiro atoms. The number of carbonyl (C=O) groups is 2. The van der Waals surface area contributed by atoms with E-state index in [1.54, 1.807) is 19.1 Å². The molecule has 6 heteroatoms. The quantitative estimate of drug-likeness (QED) is 0.848. The first-order chi connectivity index (χ1) is 12.1. The van der Waals surface area contributed by atoms with Crippen LogP contribution in [-0.2, 0) is 16.1 Å². The standard InChI is InChI=1S/C19H21N3O3/c1-13-16(19(24)25-2)9-10-17(21-13)20-12-14-5-7-15(8-6-14)22-11-3-4-18(22)23/h5-10H,3-4,11-12H2,1-2H3,(H,20,21). The van der Waals surface area contributed by atoms with Crippen molar-refractivity contribution < 1.29 is 14.3 Å². The molecule has 1 N–H and O–H groups in total. The molecule has 1 saturated heterocycles. The summed E-state index contributed by atoms with van der Waals surface area (Å²) in [6, 6.07) is 11.4. The molecular weight excluding hydrogens is 318 g/mol. The first kappa shape index (κ1) is 17.0. The highest BCUT2D eigenvalue weighted by molar-refractivity contribution is 5.95. The van der Waals surface area contributed by atoms with Gasteiger partial charge in [0.15, 0.2) is 0 Å². The first-order valence-corrected chi connectivity index (χ1v) is 8.27. The molecule has 3 rings (SSSR count). The van der Waals surface area contributed by atoms with Gasteiger partial charge in [-0.2, -0.15) is 0 Å². The van der Waals surface area contributed by atoms with E-state index in [0.717, 1.165) is 24.2 Å². The molecule has 1 aromatic carbocycles. The third-order valence-electron chi connectivity index (χ3n) is 4.29. The molecule has 0 radical (unpaired) electrons. The zero-order chi connectivity index (χ0) is 17.8. The minimum Gasteiger partial charge on any atom is -0.465 e. The van der Waals surface area contributed by atoms with Crippen LogP contribution in [0.5, 0.6) is 0 Å². The number of aromatic nitrogens is 1. The zero-order valence-corrected chi connectivity index (χ0v) is 14.4. The van der Waals surface area contributed by atoms with E-state index in [2.05, 4.69) is 10.3 Å². The van der Waals surface area contributed by atoms with Crippen LogP contribution in [0.1, 0.15) is 34.5 Å². The van der Waals surface area contributed by atoms with Crippen molar-refractivity contribution in [3.63, 3.8) is 0 Å². The second-order valence-electron chi connectivity index (χ2n) is 5.99. The third kappa shape index (κ3) is 3.79. The summed E-state index contributed by atoms with van der Waals surface area (Å²) in [6.07, 6.45) is 1.56. The number of benzene rings is 1. The molecule has 0 atom stereocenters. The molecule has 1 aliphatic rings. The van der Waals surface area contributed by atoms with Crippen molar-refractivity contribution in [2.24, 2.45) is 0 Å². The number of nitrogens with one attached hydrogen (secondary N) is 1. The van der Waals surface area contributed by atoms with Gasteiger partial charge in [0.05, 0.1) is 18.4 Å². The third-order valence-corrected chi connectivity index (χ3v) is 4.29. The van der Waals surface area contributed by atoms with Gasteiger partial charge in [0.2, 0.25) is 5.91 Å². The largest absolute Gasteiger partial charge is 0.465 e. The predicted molar refractivity (Wildman–Crippen MR) is 95.7 cm³/mol. The number of hydrogen-bond donors (Lipinski definition) is 1. The van der Waals surface area contributed by atoms with Gasteiger partial charge < -0.3 is 15.0 Å². The van der Waals surface area contributed by atoms with Crippen LogP contribution in [-0.4, -0.2) is 30.5 Å². The molecule has 0 bridgehead atoms. The lowest BCUT2D eigenvalue weighted by Gasteiger charge is -2.16. The predicted octanol–water partition coefficient (Wildman–Crippen LogP) is 2.92. The maximum absolute atomic E-state index is 11.8. The first-order valence-electron chi connectivity index (χ1n) is 8.27. The number of carbonyl (C=O) groups excluding carboxylic acids is 2. The number of rotatable bonds is 5.